The van der Waals surface area contributed by atoms with Gasteiger partial charge in [-0.3, -0.25) is 9.59 Å². The van der Waals surface area contributed by atoms with Gasteiger partial charge in [0.2, 0.25) is 0 Å². The van der Waals surface area contributed by atoms with Crippen LogP contribution in [0.4, 0.5) is 0 Å². The molecular formula is C15H23BrN3O2S+. The summed E-state index contributed by atoms with van der Waals surface area (Å²) in [5.74, 6) is 0.819. The van der Waals surface area contributed by atoms with Gasteiger partial charge in [-0.1, -0.05) is 15.9 Å². The monoisotopic (exact) mass is 388 g/mol. The first-order valence-electron chi connectivity index (χ1n) is 7.05. The zero-order valence-corrected chi connectivity index (χ0v) is 15.6. The van der Waals surface area contributed by atoms with Crippen molar-refractivity contribution in [2.45, 2.75) is 4.90 Å². The van der Waals surface area contributed by atoms with Crippen molar-refractivity contribution in [3.05, 3.63) is 28.7 Å². The van der Waals surface area contributed by atoms with Gasteiger partial charge in [0.15, 0.2) is 13.1 Å². The Kier molecular flexibility index (Phi) is 8.52. The fraction of sp³-hybridized carbons (Fsp3) is 0.467. The predicted octanol–water partition coefficient (Wildman–Crippen LogP) is 0.260. The molecule has 1 unspecified atom stereocenters. The molecule has 0 radical (unpaired) electrons. The molecule has 0 spiro atoms. The normalized spacial score (nSPS) is 11.8. The molecule has 1 atom stereocenters. The number of amides is 2. The summed E-state index contributed by atoms with van der Waals surface area (Å²) in [4.78, 5) is 26.9. The second kappa shape index (κ2) is 9.86. The quantitative estimate of drug-likeness (QED) is 0.496. The maximum absolute atomic E-state index is 11.8. The molecule has 0 aliphatic carbocycles. The molecule has 2 amide bonds. The van der Waals surface area contributed by atoms with Crippen LogP contribution in [0.25, 0.3) is 0 Å². The minimum Gasteiger partial charge on any atom is -0.350 e. The minimum absolute atomic E-state index is 0.0242. The molecule has 0 saturated carbocycles. The highest BCUT2D eigenvalue weighted by molar-refractivity contribution is 9.10. The lowest BCUT2D eigenvalue weighted by Crippen LogP contribution is -3.11. The molecule has 1 aromatic carbocycles. The lowest BCUT2D eigenvalue weighted by atomic mass is 10.4. The number of thioether (sulfide) groups is 1. The van der Waals surface area contributed by atoms with Crippen LogP contribution in [0.15, 0.2) is 33.6 Å². The van der Waals surface area contributed by atoms with E-state index in [4.69, 9.17) is 0 Å². The number of hydrogen-bond acceptors (Lipinski definition) is 3. The molecule has 0 fully saturated rings. The van der Waals surface area contributed by atoms with E-state index >= 15 is 0 Å². The maximum atomic E-state index is 11.8. The van der Waals surface area contributed by atoms with Crippen LogP contribution in [0.3, 0.4) is 0 Å². The number of quaternary nitrogens is 1. The first-order valence-corrected chi connectivity index (χ1v) is 8.83. The summed E-state index contributed by atoms with van der Waals surface area (Å²) in [6.45, 7) is 1.26. The van der Waals surface area contributed by atoms with Gasteiger partial charge in [-0.05, 0) is 24.3 Å². The number of nitrogens with one attached hydrogen (secondary N) is 2. The summed E-state index contributed by atoms with van der Waals surface area (Å²) in [6.07, 6.45) is 0. The average Bonchev–Trinajstić information content (AvgIpc) is 2.45. The Morgan fingerprint density at radius 1 is 1.23 bits per heavy atom. The van der Waals surface area contributed by atoms with Crippen LogP contribution < -0.4 is 10.2 Å². The second-order valence-electron chi connectivity index (χ2n) is 5.25. The molecule has 1 aromatic rings. The smallest absolute Gasteiger partial charge is 0.277 e. The van der Waals surface area contributed by atoms with Gasteiger partial charge in [-0.2, -0.15) is 0 Å². The molecule has 2 N–H and O–H groups in total. The second-order valence-corrected chi connectivity index (χ2v) is 7.34. The number of carbonyl (C=O) groups excluding carboxylic acids is 2. The molecule has 0 bridgehead atoms. The van der Waals surface area contributed by atoms with E-state index in [0.717, 1.165) is 15.1 Å². The largest absolute Gasteiger partial charge is 0.350 e. The number of carbonyl (C=O) groups is 2. The Morgan fingerprint density at radius 2 is 1.86 bits per heavy atom. The van der Waals surface area contributed by atoms with Gasteiger partial charge in [-0.15, -0.1) is 11.8 Å². The van der Waals surface area contributed by atoms with E-state index in [2.05, 4.69) is 21.2 Å². The van der Waals surface area contributed by atoms with E-state index in [1.807, 2.05) is 31.3 Å². The van der Waals surface area contributed by atoms with Gasteiger partial charge >= 0.3 is 0 Å². The topological polar surface area (TPSA) is 53.9 Å². The Balaban J connectivity index is 2.17. The first-order chi connectivity index (χ1) is 10.4. The number of benzene rings is 1. The van der Waals surface area contributed by atoms with Crippen LogP contribution in [-0.2, 0) is 9.59 Å². The van der Waals surface area contributed by atoms with Gasteiger partial charge < -0.3 is 15.1 Å². The first kappa shape index (κ1) is 19.0. The fourth-order valence-corrected chi connectivity index (χ4v) is 2.74. The SMILES string of the molecule is CN(C)C(=O)C[NH+](C)CC(=O)NCCSc1ccc(Br)cc1. The summed E-state index contributed by atoms with van der Waals surface area (Å²) < 4.78 is 1.06. The predicted molar refractivity (Wildman–Crippen MR) is 93.2 cm³/mol. The summed E-state index contributed by atoms with van der Waals surface area (Å²) in [5.41, 5.74) is 0. The summed E-state index contributed by atoms with van der Waals surface area (Å²) in [6, 6.07) is 8.09. The van der Waals surface area contributed by atoms with E-state index in [0.29, 0.717) is 19.6 Å². The van der Waals surface area contributed by atoms with Crippen LogP contribution in [0, 0.1) is 0 Å². The van der Waals surface area contributed by atoms with Crippen molar-refractivity contribution in [2.24, 2.45) is 0 Å². The van der Waals surface area contributed by atoms with Crippen molar-refractivity contribution in [2.75, 3.05) is 46.5 Å². The number of likely N-dealkylation sites (N-methyl/N-ethyl adjacent to an activating group) is 2. The van der Waals surface area contributed by atoms with Crippen molar-refractivity contribution in [3.63, 3.8) is 0 Å². The third-order valence-corrected chi connectivity index (χ3v) is 4.46. The number of halogens is 1. The van der Waals surface area contributed by atoms with E-state index in [1.54, 1.807) is 25.9 Å². The molecule has 0 heterocycles. The third-order valence-electron chi connectivity index (χ3n) is 2.92. The van der Waals surface area contributed by atoms with Crippen molar-refractivity contribution in [1.82, 2.24) is 10.2 Å². The van der Waals surface area contributed by atoms with Crippen molar-refractivity contribution in [3.8, 4) is 0 Å². The molecule has 0 aromatic heterocycles. The Hall–Kier alpha value is -1.05. The number of nitrogens with zero attached hydrogens (tertiary/aromatic N) is 1. The molecule has 122 valence electrons. The van der Waals surface area contributed by atoms with Gasteiger partial charge in [0.25, 0.3) is 11.8 Å². The number of rotatable bonds is 8. The maximum Gasteiger partial charge on any atom is 0.277 e. The Labute approximate surface area is 144 Å². The van der Waals surface area contributed by atoms with Crippen LogP contribution in [0.5, 0.6) is 0 Å². The van der Waals surface area contributed by atoms with E-state index in [-0.39, 0.29) is 11.8 Å². The van der Waals surface area contributed by atoms with E-state index in [1.165, 1.54) is 9.80 Å². The molecule has 7 heteroatoms. The van der Waals surface area contributed by atoms with Crippen LogP contribution in [-0.4, -0.2) is 63.2 Å². The lowest BCUT2D eigenvalue weighted by molar-refractivity contribution is -0.862. The summed E-state index contributed by atoms with van der Waals surface area (Å²) >= 11 is 5.10. The average molecular weight is 389 g/mol. The highest BCUT2D eigenvalue weighted by Crippen LogP contribution is 2.19. The summed E-state index contributed by atoms with van der Waals surface area (Å²) in [7, 11) is 5.28. The zero-order valence-electron chi connectivity index (χ0n) is 13.2. The van der Waals surface area contributed by atoms with Crippen LogP contribution >= 0.6 is 27.7 Å². The standard InChI is InChI=1S/C15H22BrN3O2S/c1-18(2)15(21)11-19(3)10-14(20)17-8-9-22-13-6-4-12(16)5-7-13/h4-7H,8-11H2,1-3H3,(H,17,20)/p+1. The summed E-state index contributed by atoms with van der Waals surface area (Å²) in [5, 5.41) is 2.88. The highest BCUT2D eigenvalue weighted by atomic mass is 79.9. The number of hydrogen-bond donors (Lipinski definition) is 2. The highest BCUT2D eigenvalue weighted by Gasteiger charge is 2.14. The molecule has 1 rings (SSSR count). The molecule has 0 aliphatic heterocycles. The fourth-order valence-electron chi connectivity index (χ4n) is 1.71. The Bertz CT molecular complexity index is 494. The van der Waals surface area contributed by atoms with Gasteiger partial charge in [0.1, 0.15) is 0 Å². The van der Waals surface area contributed by atoms with Crippen molar-refractivity contribution in [1.29, 1.82) is 0 Å². The van der Waals surface area contributed by atoms with Crippen molar-refractivity contribution < 1.29 is 14.5 Å². The molecular weight excluding hydrogens is 366 g/mol. The van der Waals surface area contributed by atoms with Crippen molar-refractivity contribution >= 4 is 39.5 Å². The van der Waals surface area contributed by atoms with Gasteiger partial charge in [-0.25, -0.2) is 0 Å². The van der Waals surface area contributed by atoms with Gasteiger partial charge in [0, 0.05) is 35.8 Å². The third kappa shape index (κ3) is 7.82. The Morgan fingerprint density at radius 3 is 2.45 bits per heavy atom. The van der Waals surface area contributed by atoms with Crippen LogP contribution in [0.1, 0.15) is 0 Å². The van der Waals surface area contributed by atoms with Crippen LogP contribution in [0.2, 0.25) is 0 Å². The van der Waals surface area contributed by atoms with E-state index in [9.17, 15) is 9.59 Å². The van der Waals surface area contributed by atoms with E-state index < -0.39 is 0 Å². The minimum atomic E-state index is -0.0273. The molecule has 22 heavy (non-hydrogen) atoms. The zero-order chi connectivity index (χ0) is 16.5. The molecule has 0 aliphatic rings. The molecule has 5 nitrogen and oxygen atoms in total. The molecule has 0 saturated heterocycles. The van der Waals surface area contributed by atoms with Gasteiger partial charge in [0.05, 0.1) is 7.05 Å². The lowest BCUT2D eigenvalue weighted by Gasteiger charge is -2.16.